The highest BCUT2D eigenvalue weighted by Crippen LogP contribution is 2.24. The Morgan fingerprint density at radius 3 is 2.72 bits per heavy atom. The van der Waals surface area contributed by atoms with Crippen LogP contribution in [0.2, 0.25) is 5.02 Å². The van der Waals surface area contributed by atoms with Crippen molar-refractivity contribution in [1.29, 1.82) is 0 Å². The van der Waals surface area contributed by atoms with Crippen molar-refractivity contribution in [2.24, 2.45) is 0 Å². The molecule has 0 saturated heterocycles. The largest absolute Gasteiger partial charge is 0.506 e. The SMILES string of the molecule is Cc1ccc(C(=O)C=Cc2ccc(O)c(Cl)c2)s1. The number of hydrogen-bond donors (Lipinski definition) is 1. The normalized spacial score (nSPS) is 11.0. The van der Waals surface area contributed by atoms with E-state index in [1.165, 1.54) is 23.5 Å². The molecule has 0 bridgehead atoms. The van der Waals surface area contributed by atoms with Crippen LogP contribution in [0.4, 0.5) is 0 Å². The minimum Gasteiger partial charge on any atom is -0.506 e. The number of phenols is 1. The number of aromatic hydroxyl groups is 1. The number of ketones is 1. The van der Waals surface area contributed by atoms with Crippen molar-refractivity contribution in [3.8, 4) is 5.75 Å². The van der Waals surface area contributed by atoms with Crippen molar-refractivity contribution in [2.45, 2.75) is 6.92 Å². The lowest BCUT2D eigenvalue weighted by Gasteiger charge is -1.97. The Balaban J connectivity index is 2.15. The van der Waals surface area contributed by atoms with E-state index in [9.17, 15) is 9.90 Å². The molecule has 1 aromatic carbocycles. The number of carbonyl (C=O) groups is 1. The third-order valence-electron chi connectivity index (χ3n) is 2.38. The molecule has 0 radical (unpaired) electrons. The highest BCUT2D eigenvalue weighted by atomic mass is 35.5. The highest BCUT2D eigenvalue weighted by molar-refractivity contribution is 7.14. The van der Waals surface area contributed by atoms with Crippen molar-refractivity contribution in [3.05, 3.63) is 56.7 Å². The first kappa shape index (κ1) is 12.9. The van der Waals surface area contributed by atoms with Gasteiger partial charge < -0.3 is 5.11 Å². The summed E-state index contributed by atoms with van der Waals surface area (Å²) in [5, 5.41) is 9.56. The van der Waals surface area contributed by atoms with E-state index in [4.69, 9.17) is 11.6 Å². The van der Waals surface area contributed by atoms with Crippen LogP contribution >= 0.6 is 22.9 Å². The molecule has 0 unspecified atom stereocenters. The predicted molar refractivity (Wildman–Crippen MR) is 75.5 cm³/mol. The zero-order chi connectivity index (χ0) is 13.1. The van der Waals surface area contributed by atoms with Gasteiger partial charge in [0.25, 0.3) is 0 Å². The summed E-state index contributed by atoms with van der Waals surface area (Å²) in [7, 11) is 0. The summed E-state index contributed by atoms with van der Waals surface area (Å²) in [6.07, 6.45) is 3.19. The number of carbonyl (C=O) groups excluding carboxylic acids is 1. The van der Waals surface area contributed by atoms with Crippen molar-refractivity contribution in [2.75, 3.05) is 0 Å². The van der Waals surface area contributed by atoms with Gasteiger partial charge in [-0.2, -0.15) is 0 Å². The molecule has 0 aliphatic heterocycles. The molecule has 92 valence electrons. The van der Waals surface area contributed by atoms with Gasteiger partial charge in [-0.25, -0.2) is 0 Å². The lowest BCUT2D eigenvalue weighted by Crippen LogP contribution is -1.88. The van der Waals surface area contributed by atoms with Gasteiger partial charge in [0, 0.05) is 4.88 Å². The molecule has 0 saturated carbocycles. The summed E-state index contributed by atoms with van der Waals surface area (Å²) in [6.45, 7) is 1.96. The first-order chi connectivity index (χ1) is 8.56. The van der Waals surface area contributed by atoms with E-state index in [0.717, 1.165) is 10.4 Å². The van der Waals surface area contributed by atoms with Crippen LogP contribution in [0.3, 0.4) is 0 Å². The minimum absolute atomic E-state index is 0.0303. The molecular formula is C14H11ClO2S. The van der Waals surface area contributed by atoms with Crippen LogP contribution < -0.4 is 0 Å². The fourth-order valence-corrected chi connectivity index (χ4v) is 2.42. The van der Waals surface area contributed by atoms with Crippen molar-refractivity contribution in [3.63, 3.8) is 0 Å². The Morgan fingerprint density at radius 1 is 1.33 bits per heavy atom. The maximum atomic E-state index is 11.8. The maximum Gasteiger partial charge on any atom is 0.195 e. The van der Waals surface area contributed by atoms with Gasteiger partial charge in [0.1, 0.15) is 5.75 Å². The summed E-state index contributed by atoms with van der Waals surface area (Å²) < 4.78 is 0. The van der Waals surface area contributed by atoms with Gasteiger partial charge in [-0.3, -0.25) is 4.79 Å². The van der Waals surface area contributed by atoms with Gasteiger partial charge in [-0.15, -0.1) is 11.3 Å². The molecule has 0 atom stereocenters. The third kappa shape index (κ3) is 3.00. The fraction of sp³-hybridized carbons (Fsp3) is 0.0714. The monoisotopic (exact) mass is 278 g/mol. The molecule has 2 rings (SSSR count). The first-order valence-electron chi connectivity index (χ1n) is 5.33. The molecule has 1 aromatic heterocycles. The van der Waals surface area contributed by atoms with Gasteiger partial charge in [0.15, 0.2) is 5.78 Å². The second kappa shape index (κ2) is 5.38. The van der Waals surface area contributed by atoms with Crippen LogP contribution in [0.1, 0.15) is 20.1 Å². The number of thiophene rings is 1. The fourth-order valence-electron chi connectivity index (χ4n) is 1.45. The summed E-state index contributed by atoms with van der Waals surface area (Å²) in [5.41, 5.74) is 0.777. The Morgan fingerprint density at radius 2 is 2.11 bits per heavy atom. The molecule has 0 aliphatic carbocycles. The minimum atomic E-state index is -0.0303. The van der Waals surface area contributed by atoms with Crippen LogP contribution in [0, 0.1) is 6.92 Å². The topological polar surface area (TPSA) is 37.3 Å². The van der Waals surface area contributed by atoms with E-state index in [1.807, 2.05) is 19.1 Å². The number of rotatable bonds is 3. The van der Waals surface area contributed by atoms with Crippen LogP contribution in [0.5, 0.6) is 5.75 Å². The number of hydrogen-bond acceptors (Lipinski definition) is 3. The molecule has 18 heavy (non-hydrogen) atoms. The van der Waals surface area contributed by atoms with E-state index < -0.39 is 0 Å². The molecule has 1 heterocycles. The Kier molecular flexibility index (Phi) is 3.84. The molecule has 2 nitrogen and oxygen atoms in total. The van der Waals surface area contributed by atoms with Crippen LogP contribution in [0.25, 0.3) is 6.08 Å². The van der Waals surface area contributed by atoms with Gasteiger partial charge >= 0.3 is 0 Å². The van der Waals surface area contributed by atoms with Crippen LogP contribution in [-0.2, 0) is 0 Å². The molecule has 0 spiro atoms. The van der Waals surface area contributed by atoms with Gasteiger partial charge in [0.05, 0.1) is 9.90 Å². The first-order valence-corrected chi connectivity index (χ1v) is 6.53. The summed E-state index contributed by atoms with van der Waals surface area (Å²) in [6, 6.07) is 8.55. The molecule has 0 fully saturated rings. The Labute approximate surface area is 114 Å². The number of allylic oxidation sites excluding steroid dienone is 1. The molecule has 1 N–H and O–H groups in total. The molecule has 4 heteroatoms. The van der Waals surface area contributed by atoms with Gasteiger partial charge in [-0.1, -0.05) is 23.7 Å². The average molecular weight is 279 g/mol. The lowest BCUT2D eigenvalue weighted by atomic mass is 10.2. The Hall–Kier alpha value is -1.58. The van der Waals surface area contributed by atoms with Crippen LogP contribution in [0.15, 0.2) is 36.4 Å². The number of phenolic OH excluding ortho intramolecular Hbond substituents is 1. The van der Waals surface area contributed by atoms with Crippen molar-refractivity contribution in [1.82, 2.24) is 0 Å². The number of benzene rings is 1. The average Bonchev–Trinajstić information content (AvgIpc) is 2.77. The van der Waals surface area contributed by atoms with E-state index in [2.05, 4.69) is 0 Å². The summed E-state index contributed by atoms with van der Waals surface area (Å²) in [4.78, 5) is 13.7. The third-order valence-corrected chi connectivity index (χ3v) is 3.70. The smallest absolute Gasteiger partial charge is 0.195 e. The molecule has 2 aromatic rings. The van der Waals surface area contributed by atoms with E-state index in [-0.39, 0.29) is 16.6 Å². The highest BCUT2D eigenvalue weighted by Gasteiger charge is 2.04. The quantitative estimate of drug-likeness (QED) is 0.671. The van der Waals surface area contributed by atoms with Crippen molar-refractivity contribution < 1.29 is 9.90 Å². The molecule has 0 amide bonds. The van der Waals surface area contributed by atoms with Crippen LogP contribution in [-0.4, -0.2) is 10.9 Å². The van der Waals surface area contributed by atoms with E-state index in [0.29, 0.717) is 4.88 Å². The van der Waals surface area contributed by atoms with Gasteiger partial charge in [0.2, 0.25) is 0 Å². The lowest BCUT2D eigenvalue weighted by molar-refractivity contribution is 0.105. The Bertz CT molecular complexity index is 614. The van der Waals surface area contributed by atoms with Gasteiger partial charge in [-0.05, 0) is 42.8 Å². The summed E-state index contributed by atoms with van der Waals surface area (Å²) >= 11 is 7.25. The van der Waals surface area contributed by atoms with E-state index >= 15 is 0 Å². The number of halogens is 1. The second-order valence-electron chi connectivity index (χ2n) is 3.82. The summed E-state index contributed by atoms with van der Waals surface area (Å²) in [5.74, 6) is 0.00585. The second-order valence-corrected chi connectivity index (χ2v) is 5.51. The number of aryl methyl sites for hydroxylation is 1. The molecular weight excluding hydrogens is 268 g/mol. The maximum absolute atomic E-state index is 11.8. The zero-order valence-electron chi connectivity index (χ0n) is 9.68. The predicted octanol–water partition coefficient (Wildman–Crippen LogP) is 4.31. The standard InChI is InChI=1S/C14H11ClO2S/c1-9-2-7-14(18-9)13(17)6-4-10-3-5-12(16)11(15)8-10/h2-8,16H,1H3. The van der Waals surface area contributed by atoms with Crippen molar-refractivity contribution >= 4 is 34.8 Å². The zero-order valence-corrected chi connectivity index (χ0v) is 11.3. The molecule has 0 aliphatic rings. The van der Waals surface area contributed by atoms with E-state index in [1.54, 1.807) is 18.2 Å².